The van der Waals surface area contributed by atoms with Gasteiger partial charge in [-0.3, -0.25) is 19.1 Å². The van der Waals surface area contributed by atoms with Crippen molar-refractivity contribution in [2.24, 2.45) is 7.05 Å². The smallest absolute Gasteiger partial charge is 0.255 e. The van der Waals surface area contributed by atoms with Crippen LogP contribution in [0.5, 0.6) is 0 Å². The Kier molecular flexibility index (Phi) is 5.35. The molecule has 1 N–H and O–H groups in total. The molecule has 2 aromatic heterocycles. The first-order valence-electron chi connectivity index (χ1n) is 7.66. The summed E-state index contributed by atoms with van der Waals surface area (Å²) >= 11 is 11.8. The minimum atomic E-state index is -0.240. The standard InChI is InChI=1S/C18H14Cl2N4O2/c1-24-17(26)9-15(11-4-6-21-7-5-11)23-18(24)22-10-16(25)12-2-3-13(19)14(20)8-12/h2-9H,10H2,1H3,(H,22,23). The van der Waals surface area contributed by atoms with Gasteiger partial charge in [0.15, 0.2) is 5.78 Å². The summed E-state index contributed by atoms with van der Waals surface area (Å²) in [5.41, 5.74) is 1.44. The molecule has 0 amide bonds. The fourth-order valence-electron chi connectivity index (χ4n) is 2.30. The van der Waals surface area contributed by atoms with Gasteiger partial charge in [0, 0.05) is 36.6 Å². The maximum atomic E-state index is 12.3. The molecule has 132 valence electrons. The number of ketones is 1. The Balaban J connectivity index is 1.83. The summed E-state index contributed by atoms with van der Waals surface area (Å²) in [6, 6.07) is 9.61. The molecule has 0 spiro atoms. The van der Waals surface area contributed by atoms with Gasteiger partial charge in [-0.05, 0) is 30.3 Å². The third-order valence-corrected chi connectivity index (χ3v) is 4.50. The fourth-order valence-corrected chi connectivity index (χ4v) is 2.60. The van der Waals surface area contributed by atoms with Crippen molar-refractivity contribution in [2.45, 2.75) is 0 Å². The molecule has 0 aliphatic rings. The van der Waals surface area contributed by atoms with Crippen molar-refractivity contribution in [2.75, 3.05) is 11.9 Å². The topological polar surface area (TPSA) is 76.9 Å². The molecule has 0 aliphatic heterocycles. The summed E-state index contributed by atoms with van der Waals surface area (Å²) in [7, 11) is 1.58. The number of anilines is 1. The molecule has 3 aromatic rings. The average molecular weight is 389 g/mol. The van der Waals surface area contributed by atoms with Crippen LogP contribution < -0.4 is 10.9 Å². The summed E-state index contributed by atoms with van der Waals surface area (Å²) in [4.78, 5) is 32.9. The van der Waals surface area contributed by atoms with E-state index in [1.54, 1.807) is 43.7 Å². The van der Waals surface area contributed by atoms with Crippen LogP contribution in [0.15, 0.2) is 53.6 Å². The highest BCUT2D eigenvalue weighted by molar-refractivity contribution is 6.42. The highest BCUT2D eigenvalue weighted by Gasteiger charge is 2.11. The van der Waals surface area contributed by atoms with Crippen LogP contribution in [0.3, 0.4) is 0 Å². The van der Waals surface area contributed by atoms with E-state index in [0.29, 0.717) is 21.3 Å². The summed E-state index contributed by atoms with van der Waals surface area (Å²) in [6.07, 6.45) is 3.24. The number of Topliss-reactive ketones (excluding diaryl/α,β-unsaturated/α-hetero) is 1. The minimum Gasteiger partial charge on any atom is -0.348 e. The van der Waals surface area contributed by atoms with Crippen molar-refractivity contribution in [3.63, 3.8) is 0 Å². The maximum Gasteiger partial charge on any atom is 0.255 e. The third-order valence-electron chi connectivity index (χ3n) is 3.76. The Bertz CT molecular complexity index is 1020. The number of hydrogen-bond acceptors (Lipinski definition) is 5. The SMILES string of the molecule is Cn1c(NCC(=O)c2ccc(Cl)c(Cl)c2)nc(-c2ccncc2)cc1=O. The summed E-state index contributed by atoms with van der Waals surface area (Å²) in [5.74, 6) is 0.0878. The number of carbonyl (C=O) groups excluding carboxylic acids is 1. The monoisotopic (exact) mass is 388 g/mol. The molecular formula is C18H14Cl2N4O2. The van der Waals surface area contributed by atoms with Crippen molar-refractivity contribution in [1.29, 1.82) is 0 Å². The van der Waals surface area contributed by atoms with E-state index in [1.807, 2.05) is 0 Å². The second-order valence-electron chi connectivity index (χ2n) is 5.50. The predicted octanol–water partition coefficient (Wildman–Crippen LogP) is 3.44. The van der Waals surface area contributed by atoms with Gasteiger partial charge in [-0.15, -0.1) is 0 Å². The summed E-state index contributed by atoms with van der Waals surface area (Å²) < 4.78 is 1.34. The normalized spacial score (nSPS) is 10.6. The second kappa shape index (κ2) is 7.68. The molecule has 0 radical (unpaired) electrons. The zero-order chi connectivity index (χ0) is 18.7. The van der Waals surface area contributed by atoms with Gasteiger partial charge in [-0.1, -0.05) is 23.2 Å². The van der Waals surface area contributed by atoms with Crippen LogP contribution in [0, 0.1) is 0 Å². The third kappa shape index (κ3) is 3.92. The van der Waals surface area contributed by atoms with Gasteiger partial charge < -0.3 is 5.32 Å². The van der Waals surface area contributed by atoms with Crippen molar-refractivity contribution in [3.05, 3.63) is 74.8 Å². The quantitative estimate of drug-likeness (QED) is 0.677. The number of hydrogen-bond donors (Lipinski definition) is 1. The van der Waals surface area contributed by atoms with Gasteiger partial charge >= 0.3 is 0 Å². The number of aromatic nitrogens is 3. The lowest BCUT2D eigenvalue weighted by Crippen LogP contribution is -2.24. The number of pyridine rings is 1. The molecule has 3 rings (SSSR count). The van der Waals surface area contributed by atoms with Gasteiger partial charge in [0.1, 0.15) is 0 Å². The predicted molar refractivity (Wildman–Crippen MR) is 102 cm³/mol. The van der Waals surface area contributed by atoms with Crippen LogP contribution in [-0.2, 0) is 7.05 Å². The van der Waals surface area contributed by atoms with Crippen LogP contribution in [0.2, 0.25) is 10.0 Å². The van der Waals surface area contributed by atoms with Crippen molar-refractivity contribution < 1.29 is 4.79 Å². The first-order chi connectivity index (χ1) is 12.5. The van der Waals surface area contributed by atoms with Crippen molar-refractivity contribution in [1.82, 2.24) is 14.5 Å². The van der Waals surface area contributed by atoms with Gasteiger partial charge in [-0.2, -0.15) is 0 Å². The first kappa shape index (κ1) is 18.1. The number of carbonyl (C=O) groups is 1. The summed E-state index contributed by atoms with van der Waals surface area (Å²) in [5, 5.41) is 3.59. The van der Waals surface area contributed by atoms with E-state index in [1.165, 1.54) is 16.7 Å². The molecule has 1 aromatic carbocycles. The first-order valence-corrected chi connectivity index (χ1v) is 8.42. The number of nitrogens with zero attached hydrogens (tertiary/aromatic N) is 3. The van der Waals surface area contributed by atoms with Crippen LogP contribution >= 0.6 is 23.2 Å². The van der Waals surface area contributed by atoms with E-state index in [4.69, 9.17) is 23.2 Å². The Morgan fingerprint density at radius 1 is 1.12 bits per heavy atom. The van der Waals surface area contributed by atoms with Gasteiger partial charge in [-0.25, -0.2) is 4.98 Å². The van der Waals surface area contributed by atoms with Crippen LogP contribution in [0.4, 0.5) is 5.95 Å². The van der Waals surface area contributed by atoms with Gasteiger partial charge in [0.05, 0.1) is 22.3 Å². The van der Waals surface area contributed by atoms with E-state index in [0.717, 1.165) is 5.56 Å². The molecule has 0 saturated carbocycles. The highest BCUT2D eigenvalue weighted by Crippen LogP contribution is 2.23. The van der Waals surface area contributed by atoms with Crippen LogP contribution in [0.25, 0.3) is 11.3 Å². The Labute approximate surface area is 159 Å². The zero-order valence-electron chi connectivity index (χ0n) is 13.7. The van der Waals surface area contributed by atoms with Crippen molar-refractivity contribution >= 4 is 34.9 Å². The van der Waals surface area contributed by atoms with Crippen LogP contribution in [0.1, 0.15) is 10.4 Å². The molecular weight excluding hydrogens is 375 g/mol. The van der Waals surface area contributed by atoms with Crippen LogP contribution in [-0.4, -0.2) is 26.9 Å². The molecule has 0 unspecified atom stereocenters. The Hall–Kier alpha value is -2.70. The second-order valence-corrected chi connectivity index (χ2v) is 6.32. The molecule has 0 fully saturated rings. The van der Waals surface area contributed by atoms with Gasteiger partial charge in [0.2, 0.25) is 5.95 Å². The molecule has 0 saturated heterocycles. The number of halogens is 2. The van der Waals surface area contributed by atoms with Gasteiger partial charge in [0.25, 0.3) is 5.56 Å². The molecule has 2 heterocycles. The van der Waals surface area contributed by atoms with E-state index in [2.05, 4.69) is 15.3 Å². The van der Waals surface area contributed by atoms with E-state index < -0.39 is 0 Å². The maximum absolute atomic E-state index is 12.3. The lowest BCUT2D eigenvalue weighted by molar-refractivity contribution is 0.101. The lowest BCUT2D eigenvalue weighted by Gasteiger charge is -2.11. The largest absolute Gasteiger partial charge is 0.348 e. The number of benzene rings is 1. The number of rotatable bonds is 5. The average Bonchev–Trinajstić information content (AvgIpc) is 2.65. The Morgan fingerprint density at radius 3 is 2.54 bits per heavy atom. The Morgan fingerprint density at radius 2 is 1.85 bits per heavy atom. The van der Waals surface area contributed by atoms with E-state index in [9.17, 15) is 9.59 Å². The highest BCUT2D eigenvalue weighted by atomic mass is 35.5. The van der Waals surface area contributed by atoms with E-state index in [-0.39, 0.29) is 23.8 Å². The summed E-state index contributed by atoms with van der Waals surface area (Å²) in [6.45, 7) is -0.0436. The van der Waals surface area contributed by atoms with Crippen molar-refractivity contribution in [3.8, 4) is 11.3 Å². The molecule has 8 heteroatoms. The zero-order valence-corrected chi connectivity index (χ0v) is 15.3. The van der Waals surface area contributed by atoms with E-state index >= 15 is 0 Å². The fraction of sp³-hybridized carbons (Fsp3) is 0.111. The molecule has 26 heavy (non-hydrogen) atoms. The minimum absolute atomic E-state index is 0.0436. The lowest BCUT2D eigenvalue weighted by atomic mass is 10.1. The molecule has 0 bridgehead atoms. The number of nitrogens with one attached hydrogen (secondary N) is 1. The molecule has 6 nitrogen and oxygen atoms in total. The molecule has 0 atom stereocenters. The molecule has 0 aliphatic carbocycles.